The van der Waals surface area contributed by atoms with Crippen molar-refractivity contribution in [3.63, 3.8) is 0 Å². The first-order valence-corrected chi connectivity index (χ1v) is 14.4. The highest BCUT2D eigenvalue weighted by molar-refractivity contribution is 5.85. The first-order chi connectivity index (χ1) is 19.9. The van der Waals surface area contributed by atoms with Crippen molar-refractivity contribution >= 4 is 17.8 Å². The number of esters is 2. The third kappa shape index (κ3) is 12.6. The molecule has 2 atom stereocenters. The number of nitrogens with one attached hydrogen (secondary N) is 2. The summed E-state index contributed by atoms with van der Waals surface area (Å²) < 4.78 is 21.5. The van der Waals surface area contributed by atoms with Gasteiger partial charge < -0.3 is 35.3 Å². The lowest BCUT2D eigenvalue weighted by Crippen LogP contribution is -2.44. The standard InChI is InChI=1S/C29H45N5O7/c1-23-5-3-2-4-8-31-22-24(23)21-26(29(37)41-20-14-34-11-17-39-18-12-34)32-27(35)7-6-25(30)28(36)40-19-13-33-9-15-38-16-10-33/h2-5,22,25-26,31H,1,6-21,30H2,(H,32,35)/b4-2-,5-3-,24-22-/t25-,26-/m1/s1. The van der Waals surface area contributed by atoms with Crippen molar-refractivity contribution in [2.24, 2.45) is 5.73 Å². The molecule has 0 spiro atoms. The summed E-state index contributed by atoms with van der Waals surface area (Å²) in [5.74, 6) is -1.49. The molecule has 12 heteroatoms. The van der Waals surface area contributed by atoms with Crippen LogP contribution in [0, 0.1) is 0 Å². The van der Waals surface area contributed by atoms with E-state index in [0.29, 0.717) is 51.6 Å². The maximum Gasteiger partial charge on any atom is 0.329 e. The first-order valence-electron chi connectivity index (χ1n) is 14.4. The molecule has 0 unspecified atom stereocenters. The summed E-state index contributed by atoms with van der Waals surface area (Å²) in [5.41, 5.74) is 7.47. The van der Waals surface area contributed by atoms with E-state index in [-0.39, 0.29) is 32.5 Å². The number of hydrogen-bond acceptors (Lipinski definition) is 11. The van der Waals surface area contributed by atoms with Crippen LogP contribution in [0.4, 0.5) is 0 Å². The lowest BCUT2D eigenvalue weighted by Gasteiger charge is -2.26. The fourth-order valence-electron chi connectivity index (χ4n) is 4.45. The van der Waals surface area contributed by atoms with Gasteiger partial charge in [-0.3, -0.25) is 19.4 Å². The molecule has 2 saturated heterocycles. The molecule has 0 aliphatic carbocycles. The van der Waals surface area contributed by atoms with Gasteiger partial charge in [-0.25, -0.2) is 4.79 Å². The molecule has 3 aliphatic rings. The Balaban J connectivity index is 1.50. The number of nitrogens with zero attached hydrogens (tertiary/aromatic N) is 2. The fourth-order valence-corrected chi connectivity index (χ4v) is 4.45. The molecule has 3 rings (SSSR count). The second kappa shape index (κ2) is 18.4. The topological polar surface area (TPSA) is 145 Å². The zero-order chi connectivity index (χ0) is 29.3. The highest BCUT2D eigenvalue weighted by Crippen LogP contribution is 2.17. The van der Waals surface area contributed by atoms with Gasteiger partial charge in [-0.05, 0) is 17.6 Å². The molecule has 3 heterocycles. The molecular formula is C29H45N5O7. The summed E-state index contributed by atoms with van der Waals surface area (Å²) >= 11 is 0. The Morgan fingerprint density at radius 3 is 2.22 bits per heavy atom. The lowest BCUT2D eigenvalue weighted by atomic mass is 9.99. The van der Waals surface area contributed by atoms with Crippen molar-refractivity contribution in [1.29, 1.82) is 0 Å². The van der Waals surface area contributed by atoms with Crippen LogP contribution < -0.4 is 16.4 Å². The molecule has 3 aliphatic heterocycles. The number of ether oxygens (including phenoxy) is 4. The van der Waals surface area contributed by atoms with Crippen LogP contribution in [-0.2, 0) is 33.3 Å². The van der Waals surface area contributed by atoms with Crippen LogP contribution in [0.3, 0.4) is 0 Å². The SMILES string of the molecule is C=C1/C=C\C=C/CN/C=C\1C[C@@H](NC(=O)CC[C@@H](N)C(=O)OCCN1CCOCC1)C(=O)OCCN1CCOCC1. The molecule has 1 amide bonds. The molecule has 4 N–H and O–H groups in total. The van der Waals surface area contributed by atoms with Crippen molar-refractivity contribution in [3.8, 4) is 0 Å². The van der Waals surface area contributed by atoms with E-state index in [1.807, 2.05) is 24.3 Å². The Hall–Kier alpha value is -3.03. The molecule has 2 fully saturated rings. The molecule has 0 radical (unpaired) electrons. The number of amides is 1. The highest BCUT2D eigenvalue weighted by Gasteiger charge is 2.26. The lowest BCUT2D eigenvalue weighted by molar-refractivity contribution is -0.149. The fraction of sp³-hybridized carbons (Fsp3) is 0.621. The van der Waals surface area contributed by atoms with Gasteiger partial charge in [-0.15, -0.1) is 0 Å². The maximum atomic E-state index is 13.1. The van der Waals surface area contributed by atoms with Gasteiger partial charge in [0.2, 0.25) is 5.91 Å². The van der Waals surface area contributed by atoms with Crippen LogP contribution >= 0.6 is 0 Å². The number of nitrogens with two attached hydrogens (primary N) is 1. The monoisotopic (exact) mass is 575 g/mol. The van der Waals surface area contributed by atoms with E-state index in [9.17, 15) is 14.4 Å². The summed E-state index contributed by atoms with van der Waals surface area (Å²) in [7, 11) is 0. The minimum absolute atomic E-state index is 0.0423. The van der Waals surface area contributed by atoms with Crippen molar-refractivity contribution < 1.29 is 33.3 Å². The van der Waals surface area contributed by atoms with Crippen molar-refractivity contribution in [1.82, 2.24) is 20.4 Å². The molecule has 0 aromatic heterocycles. The van der Waals surface area contributed by atoms with E-state index >= 15 is 0 Å². The predicted molar refractivity (Wildman–Crippen MR) is 154 cm³/mol. The van der Waals surface area contributed by atoms with E-state index in [2.05, 4.69) is 27.0 Å². The number of rotatable bonds is 14. The summed E-state index contributed by atoms with van der Waals surface area (Å²) in [6.07, 6.45) is 9.62. The van der Waals surface area contributed by atoms with E-state index < -0.39 is 29.9 Å². The van der Waals surface area contributed by atoms with E-state index in [1.54, 1.807) is 6.20 Å². The highest BCUT2D eigenvalue weighted by atomic mass is 16.5. The van der Waals surface area contributed by atoms with E-state index in [1.165, 1.54) is 0 Å². The molecule has 0 saturated carbocycles. The van der Waals surface area contributed by atoms with Gasteiger partial charge in [-0.1, -0.05) is 30.9 Å². The zero-order valence-corrected chi connectivity index (χ0v) is 23.9. The average Bonchev–Trinajstić information content (AvgIpc) is 3.08. The number of carbonyl (C=O) groups is 3. The number of morpholine rings is 2. The van der Waals surface area contributed by atoms with Crippen LogP contribution in [0.15, 0.2) is 48.2 Å². The van der Waals surface area contributed by atoms with E-state index in [0.717, 1.165) is 31.8 Å². The summed E-state index contributed by atoms with van der Waals surface area (Å²) in [4.78, 5) is 42.6. The average molecular weight is 576 g/mol. The van der Waals surface area contributed by atoms with Crippen molar-refractivity contribution in [3.05, 3.63) is 48.2 Å². The van der Waals surface area contributed by atoms with Crippen LogP contribution in [-0.4, -0.2) is 125 Å². The summed E-state index contributed by atoms with van der Waals surface area (Å²) in [6.45, 7) is 12.2. The van der Waals surface area contributed by atoms with Crippen molar-refractivity contribution in [2.45, 2.75) is 31.3 Å². The minimum Gasteiger partial charge on any atom is -0.463 e. The molecule has 228 valence electrons. The summed E-state index contributed by atoms with van der Waals surface area (Å²) in [5, 5.41) is 5.95. The molecule has 12 nitrogen and oxygen atoms in total. The summed E-state index contributed by atoms with van der Waals surface area (Å²) in [6, 6.07) is -1.88. The predicted octanol–water partition coefficient (Wildman–Crippen LogP) is -0.125. The Kier molecular flexibility index (Phi) is 14.6. The van der Waals surface area contributed by atoms with Crippen molar-refractivity contribution in [2.75, 3.05) is 85.5 Å². The Morgan fingerprint density at radius 1 is 0.976 bits per heavy atom. The maximum absolute atomic E-state index is 13.1. The van der Waals surface area contributed by atoms with E-state index in [4.69, 9.17) is 24.7 Å². The van der Waals surface area contributed by atoms with Gasteiger partial charge >= 0.3 is 11.9 Å². The first kappa shape index (κ1) is 32.5. The molecule has 0 aromatic rings. The Labute approximate surface area is 242 Å². The van der Waals surface area contributed by atoms with Gasteiger partial charge in [0.15, 0.2) is 0 Å². The van der Waals surface area contributed by atoms with Gasteiger partial charge in [0.05, 0.1) is 26.4 Å². The van der Waals surface area contributed by atoms with Gasteiger partial charge in [-0.2, -0.15) is 0 Å². The second-order valence-electron chi connectivity index (χ2n) is 10.1. The van der Waals surface area contributed by atoms with Gasteiger partial charge in [0.1, 0.15) is 25.3 Å². The Bertz CT molecular complexity index is 955. The minimum atomic E-state index is -0.942. The zero-order valence-electron chi connectivity index (χ0n) is 23.9. The normalized spacial score (nSPS) is 22.9. The number of carbonyl (C=O) groups excluding carboxylic acids is 3. The van der Waals surface area contributed by atoms with Crippen LogP contribution in [0.2, 0.25) is 0 Å². The smallest absolute Gasteiger partial charge is 0.329 e. The van der Waals surface area contributed by atoms with Crippen LogP contribution in [0.25, 0.3) is 0 Å². The van der Waals surface area contributed by atoms with Gasteiger partial charge in [0.25, 0.3) is 0 Å². The number of allylic oxidation sites excluding steroid dienone is 4. The molecule has 0 aromatic carbocycles. The Morgan fingerprint density at radius 2 is 1.59 bits per heavy atom. The molecular weight excluding hydrogens is 530 g/mol. The molecule has 0 bridgehead atoms. The number of hydrogen-bond donors (Lipinski definition) is 3. The van der Waals surface area contributed by atoms with Gasteiger partial charge in [0, 0.05) is 64.9 Å². The molecule has 41 heavy (non-hydrogen) atoms. The third-order valence-electron chi connectivity index (χ3n) is 7.01. The second-order valence-corrected chi connectivity index (χ2v) is 10.1. The quantitative estimate of drug-likeness (QED) is 0.238. The van der Waals surface area contributed by atoms with Crippen LogP contribution in [0.5, 0.6) is 0 Å². The largest absolute Gasteiger partial charge is 0.463 e. The van der Waals surface area contributed by atoms with Crippen LogP contribution in [0.1, 0.15) is 19.3 Å². The third-order valence-corrected chi connectivity index (χ3v) is 7.01.